The van der Waals surface area contributed by atoms with Gasteiger partial charge in [-0.25, -0.2) is 4.98 Å². The summed E-state index contributed by atoms with van der Waals surface area (Å²) in [5, 5.41) is 12.4. The van der Waals surface area contributed by atoms with Gasteiger partial charge in [-0.1, -0.05) is 0 Å². The van der Waals surface area contributed by atoms with E-state index in [0.29, 0.717) is 13.0 Å². The lowest BCUT2D eigenvalue weighted by molar-refractivity contribution is -0.122. The number of thiophene rings is 1. The number of thiazole rings is 1. The molecule has 1 N–H and O–H groups in total. The molecule has 1 amide bonds. The van der Waals surface area contributed by atoms with E-state index in [4.69, 9.17) is 0 Å². The van der Waals surface area contributed by atoms with Crippen LogP contribution in [0.5, 0.6) is 0 Å². The molecule has 0 aromatic carbocycles. The molecule has 0 aliphatic carbocycles. The summed E-state index contributed by atoms with van der Waals surface area (Å²) in [7, 11) is 0. The minimum Gasteiger partial charge on any atom is -0.346 e. The molecule has 3 heterocycles. The maximum Gasteiger partial charge on any atom is 0.222 e. The number of carbonyl (C=O) groups excluding carboxylic acids is 1. The lowest BCUT2D eigenvalue weighted by Gasteiger charge is -2.16. The summed E-state index contributed by atoms with van der Waals surface area (Å²) >= 11 is 3.33. The van der Waals surface area contributed by atoms with Crippen LogP contribution in [0.15, 0.2) is 35.3 Å². The molecule has 0 saturated carbocycles. The Hall–Kier alpha value is -1.99. The fraction of sp³-hybridized carbons (Fsp3) is 0.353. The Morgan fingerprint density at radius 2 is 2.29 bits per heavy atom. The zero-order valence-corrected chi connectivity index (χ0v) is 15.4. The van der Waals surface area contributed by atoms with Gasteiger partial charge in [-0.15, -0.1) is 11.3 Å². The molecule has 0 saturated heterocycles. The second-order valence-corrected chi connectivity index (χ2v) is 7.68. The van der Waals surface area contributed by atoms with Crippen molar-refractivity contribution in [3.8, 4) is 0 Å². The fourth-order valence-electron chi connectivity index (χ4n) is 2.41. The molecular formula is C17H20N4OS2. The average Bonchev–Trinajstić information content (AvgIpc) is 3.29. The lowest BCUT2D eigenvalue weighted by atomic mass is 10.1. The summed E-state index contributed by atoms with van der Waals surface area (Å²) in [6.45, 7) is 4.66. The van der Waals surface area contributed by atoms with Crippen LogP contribution in [0.4, 0.5) is 0 Å². The zero-order chi connectivity index (χ0) is 16.9. The van der Waals surface area contributed by atoms with Crippen LogP contribution in [-0.2, 0) is 17.8 Å². The predicted molar refractivity (Wildman–Crippen MR) is 97.3 cm³/mol. The molecule has 24 heavy (non-hydrogen) atoms. The van der Waals surface area contributed by atoms with Gasteiger partial charge in [0.15, 0.2) is 0 Å². The van der Waals surface area contributed by atoms with E-state index >= 15 is 0 Å². The number of aromatic nitrogens is 3. The van der Waals surface area contributed by atoms with E-state index < -0.39 is 0 Å². The number of hydrogen-bond acceptors (Lipinski definition) is 5. The first-order valence-electron chi connectivity index (χ1n) is 7.83. The van der Waals surface area contributed by atoms with E-state index in [1.807, 2.05) is 19.2 Å². The van der Waals surface area contributed by atoms with Crippen LogP contribution in [0.25, 0.3) is 0 Å². The van der Waals surface area contributed by atoms with Crippen molar-refractivity contribution < 1.29 is 4.79 Å². The second-order valence-electron chi connectivity index (χ2n) is 5.67. The molecular weight excluding hydrogens is 340 g/mol. The maximum absolute atomic E-state index is 12.4. The van der Waals surface area contributed by atoms with Gasteiger partial charge in [-0.2, -0.15) is 16.4 Å². The third kappa shape index (κ3) is 4.30. The van der Waals surface area contributed by atoms with E-state index in [0.717, 1.165) is 17.1 Å². The zero-order valence-electron chi connectivity index (χ0n) is 13.7. The molecule has 0 bridgehead atoms. The molecule has 1 unspecified atom stereocenters. The molecule has 126 valence electrons. The highest BCUT2D eigenvalue weighted by molar-refractivity contribution is 7.11. The Kier molecular flexibility index (Phi) is 5.42. The van der Waals surface area contributed by atoms with Gasteiger partial charge in [0.2, 0.25) is 5.91 Å². The molecule has 0 fully saturated rings. The molecule has 3 aromatic heterocycles. The fourth-order valence-corrected chi connectivity index (χ4v) is 4.06. The van der Waals surface area contributed by atoms with Crippen molar-refractivity contribution in [2.45, 2.75) is 39.3 Å². The van der Waals surface area contributed by atoms with Gasteiger partial charge in [0.1, 0.15) is 5.01 Å². The van der Waals surface area contributed by atoms with Crippen LogP contribution in [0.1, 0.15) is 33.6 Å². The van der Waals surface area contributed by atoms with Crippen molar-refractivity contribution >= 4 is 28.6 Å². The molecule has 3 rings (SSSR count). The third-order valence-corrected chi connectivity index (χ3v) is 5.74. The number of hydrogen-bond donors (Lipinski definition) is 1. The average molecular weight is 361 g/mol. The largest absolute Gasteiger partial charge is 0.346 e. The topological polar surface area (TPSA) is 59.8 Å². The van der Waals surface area contributed by atoms with Crippen molar-refractivity contribution in [3.05, 3.63) is 56.4 Å². The molecule has 3 aromatic rings. The molecule has 1 atom stereocenters. The normalized spacial score (nSPS) is 12.2. The van der Waals surface area contributed by atoms with Gasteiger partial charge in [-0.3, -0.25) is 9.48 Å². The van der Waals surface area contributed by atoms with E-state index in [-0.39, 0.29) is 11.9 Å². The Balaban J connectivity index is 1.68. The minimum atomic E-state index is -0.0814. The number of nitrogens with zero attached hydrogens (tertiary/aromatic N) is 3. The summed E-state index contributed by atoms with van der Waals surface area (Å²) in [6, 6.07) is 3.88. The Bertz CT molecular complexity index is 758. The highest BCUT2D eigenvalue weighted by Gasteiger charge is 2.20. The highest BCUT2D eigenvalue weighted by atomic mass is 32.1. The SMILES string of the molecule is Cc1nc(C(Cc2ccsc2)NC(=O)CCn2cccn2)sc1C. The summed E-state index contributed by atoms with van der Waals surface area (Å²) in [5.74, 6) is 0.0243. The monoisotopic (exact) mass is 360 g/mol. The van der Waals surface area contributed by atoms with E-state index in [2.05, 4.69) is 39.1 Å². The molecule has 0 spiro atoms. The number of nitrogens with one attached hydrogen (secondary N) is 1. The maximum atomic E-state index is 12.4. The van der Waals surface area contributed by atoms with Crippen LogP contribution >= 0.6 is 22.7 Å². The van der Waals surface area contributed by atoms with Crippen LogP contribution in [0.2, 0.25) is 0 Å². The van der Waals surface area contributed by atoms with Gasteiger partial charge >= 0.3 is 0 Å². The molecule has 7 heteroatoms. The van der Waals surface area contributed by atoms with Gasteiger partial charge < -0.3 is 5.32 Å². The van der Waals surface area contributed by atoms with Crippen molar-refractivity contribution in [1.29, 1.82) is 0 Å². The summed E-state index contributed by atoms with van der Waals surface area (Å²) in [5.41, 5.74) is 2.26. The van der Waals surface area contributed by atoms with Gasteiger partial charge in [-0.05, 0) is 42.3 Å². The van der Waals surface area contributed by atoms with Crippen LogP contribution < -0.4 is 5.32 Å². The van der Waals surface area contributed by atoms with Gasteiger partial charge in [0.25, 0.3) is 0 Å². The van der Waals surface area contributed by atoms with Crippen LogP contribution in [0, 0.1) is 13.8 Å². The number of amides is 1. The lowest BCUT2D eigenvalue weighted by Crippen LogP contribution is -2.30. The Morgan fingerprint density at radius 1 is 1.42 bits per heavy atom. The van der Waals surface area contributed by atoms with Crippen LogP contribution in [0.3, 0.4) is 0 Å². The van der Waals surface area contributed by atoms with Gasteiger partial charge in [0.05, 0.1) is 11.7 Å². The third-order valence-electron chi connectivity index (χ3n) is 3.83. The first-order chi connectivity index (χ1) is 11.6. The standard InChI is InChI=1S/C17H20N4OS2/c1-12-13(2)24-17(19-12)15(10-14-5-9-23-11-14)20-16(22)4-8-21-7-3-6-18-21/h3,5-7,9,11,15H,4,8,10H2,1-2H3,(H,20,22). The van der Waals surface area contributed by atoms with Crippen molar-refractivity contribution in [2.75, 3.05) is 0 Å². The van der Waals surface area contributed by atoms with E-state index in [1.54, 1.807) is 33.6 Å². The number of rotatable bonds is 7. The highest BCUT2D eigenvalue weighted by Crippen LogP contribution is 2.26. The molecule has 0 radical (unpaired) electrons. The Morgan fingerprint density at radius 3 is 2.92 bits per heavy atom. The quantitative estimate of drug-likeness (QED) is 0.701. The summed E-state index contributed by atoms with van der Waals surface area (Å²) < 4.78 is 1.77. The number of aryl methyl sites for hydroxylation is 3. The predicted octanol–water partition coefficient (Wildman–Crippen LogP) is 3.51. The van der Waals surface area contributed by atoms with Crippen molar-refractivity contribution in [2.24, 2.45) is 0 Å². The van der Waals surface area contributed by atoms with Crippen molar-refractivity contribution in [3.63, 3.8) is 0 Å². The first-order valence-corrected chi connectivity index (χ1v) is 9.59. The Labute approximate surface area is 149 Å². The van der Waals surface area contributed by atoms with Crippen molar-refractivity contribution in [1.82, 2.24) is 20.1 Å². The molecule has 0 aliphatic rings. The second kappa shape index (κ2) is 7.72. The smallest absolute Gasteiger partial charge is 0.222 e. The van der Waals surface area contributed by atoms with E-state index in [1.165, 1.54) is 10.4 Å². The summed E-state index contributed by atoms with van der Waals surface area (Å²) in [6.07, 6.45) is 4.76. The molecule has 5 nitrogen and oxygen atoms in total. The van der Waals surface area contributed by atoms with E-state index in [9.17, 15) is 4.79 Å². The minimum absolute atomic E-state index is 0.0243. The van der Waals surface area contributed by atoms with Gasteiger partial charge in [0, 0.05) is 36.7 Å². The van der Waals surface area contributed by atoms with Crippen LogP contribution in [-0.4, -0.2) is 20.7 Å². The number of carbonyl (C=O) groups is 1. The first kappa shape index (κ1) is 16.9. The molecule has 0 aliphatic heterocycles. The summed E-state index contributed by atoms with van der Waals surface area (Å²) in [4.78, 5) is 18.2.